The molecule has 4 nitrogen and oxygen atoms in total. The highest BCUT2D eigenvalue weighted by molar-refractivity contribution is 7.13. The molecule has 0 radical (unpaired) electrons. The third-order valence-corrected chi connectivity index (χ3v) is 3.77. The zero-order valence-corrected chi connectivity index (χ0v) is 9.83. The van der Waals surface area contributed by atoms with E-state index in [1.807, 2.05) is 17.5 Å². The minimum absolute atomic E-state index is 0.0845. The first-order valence-electron chi connectivity index (χ1n) is 5.42. The van der Waals surface area contributed by atoms with Crippen LogP contribution in [0.5, 0.6) is 0 Å². The molecule has 1 fully saturated rings. The van der Waals surface area contributed by atoms with Gasteiger partial charge in [-0.05, 0) is 23.8 Å². The van der Waals surface area contributed by atoms with Crippen LogP contribution >= 0.6 is 11.3 Å². The molecule has 0 aliphatic carbocycles. The van der Waals surface area contributed by atoms with Crippen LogP contribution in [0.3, 0.4) is 0 Å². The Kier molecular flexibility index (Phi) is 2.49. The van der Waals surface area contributed by atoms with Crippen molar-refractivity contribution in [1.82, 2.24) is 15.2 Å². The molecule has 1 aliphatic heterocycles. The van der Waals surface area contributed by atoms with Crippen LogP contribution in [0.1, 0.15) is 25.3 Å². The van der Waals surface area contributed by atoms with Crippen LogP contribution in [-0.2, 0) is 4.74 Å². The molecule has 1 N–H and O–H groups in total. The van der Waals surface area contributed by atoms with Crippen molar-refractivity contribution >= 4 is 11.3 Å². The number of rotatable bonds is 2. The van der Waals surface area contributed by atoms with Gasteiger partial charge in [0.2, 0.25) is 0 Å². The SMILES string of the molecule is CC1CCOC1c1nc(-c2cccs2)n[nH]1. The summed E-state index contributed by atoms with van der Waals surface area (Å²) < 4.78 is 5.65. The number of aromatic nitrogens is 3. The molecule has 2 atom stereocenters. The molecule has 0 aromatic carbocycles. The fourth-order valence-corrected chi connectivity index (χ4v) is 2.62. The predicted molar refractivity (Wildman–Crippen MR) is 62.2 cm³/mol. The van der Waals surface area contributed by atoms with Crippen molar-refractivity contribution < 1.29 is 4.74 Å². The maximum Gasteiger partial charge on any atom is 0.191 e. The lowest BCUT2D eigenvalue weighted by molar-refractivity contribution is 0.0876. The minimum Gasteiger partial charge on any atom is -0.370 e. The van der Waals surface area contributed by atoms with E-state index in [1.165, 1.54) is 0 Å². The van der Waals surface area contributed by atoms with Gasteiger partial charge in [0.05, 0.1) is 4.88 Å². The van der Waals surface area contributed by atoms with Gasteiger partial charge in [-0.1, -0.05) is 13.0 Å². The van der Waals surface area contributed by atoms with Crippen LogP contribution in [0.25, 0.3) is 10.7 Å². The molecule has 16 heavy (non-hydrogen) atoms. The highest BCUT2D eigenvalue weighted by Gasteiger charge is 2.28. The van der Waals surface area contributed by atoms with Crippen molar-refractivity contribution in [3.63, 3.8) is 0 Å². The summed E-state index contributed by atoms with van der Waals surface area (Å²) in [5.74, 6) is 2.14. The topological polar surface area (TPSA) is 50.8 Å². The van der Waals surface area contributed by atoms with E-state index in [0.29, 0.717) is 5.92 Å². The summed E-state index contributed by atoms with van der Waals surface area (Å²) in [5, 5.41) is 9.25. The van der Waals surface area contributed by atoms with Crippen molar-refractivity contribution in [3.05, 3.63) is 23.3 Å². The van der Waals surface area contributed by atoms with Gasteiger partial charge >= 0.3 is 0 Å². The van der Waals surface area contributed by atoms with Gasteiger partial charge < -0.3 is 4.74 Å². The van der Waals surface area contributed by atoms with Crippen LogP contribution in [0.4, 0.5) is 0 Å². The van der Waals surface area contributed by atoms with E-state index in [1.54, 1.807) is 11.3 Å². The van der Waals surface area contributed by atoms with E-state index in [0.717, 1.165) is 29.6 Å². The van der Waals surface area contributed by atoms with Crippen molar-refractivity contribution in [2.24, 2.45) is 5.92 Å². The number of hydrogen-bond donors (Lipinski definition) is 1. The lowest BCUT2D eigenvalue weighted by Gasteiger charge is -2.09. The summed E-state index contributed by atoms with van der Waals surface area (Å²) in [6.07, 6.45) is 1.18. The quantitative estimate of drug-likeness (QED) is 0.870. The number of ether oxygens (including phenoxy) is 1. The second kappa shape index (κ2) is 3.99. The largest absolute Gasteiger partial charge is 0.370 e. The van der Waals surface area contributed by atoms with Gasteiger partial charge in [0, 0.05) is 6.61 Å². The zero-order valence-electron chi connectivity index (χ0n) is 9.01. The molecule has 0 bridgehead atoms. The van der Waals surface area contributed by atoms with E-state index in [4.69, 9.17) is 4.74 Å². The molecular formula is C11H13N3OS. The van der Waals surface area contributed by atoms with E-state index >= 15 is 0 Å². The highest BCUT2D eigenvalue weighted by atomic mass is 32.1. The van der Waals surface area contributed by atoms with Gasteiger partial charge in [-0.25, -0.2) is 4.98 Å². The van der Waals surface area contributed by atoms with Crippen molar-refractivity contribution in [2.45, 2.75) is 19.4 Å². The lowest BCUT2D eigenvalue weighted by Crippen LogP contribution is -2.05. The summed E-state index contributed by atoms with van der Waals surface area (Å²) in [6.45, 7) is 3.01. The number of nitrogens with zero attached hydrogens (tertiary/aromatic N) is 2. The molecule has 1 saturated heterocycles. The van der Waals surface area contributed by atoms with Crippen LogP contribution in [0, 0.1) is 5.92 Å². The maximum absolute atomic E-state index is 5.65. The Hall–Kier alpha value is -1.20. The van der Waals surface area contributed by atoms with Crippen LogP contribution in [-0.4, -0.2) is 21.8 Å². The van der Waals surface area contributed by atoms with Gasteiger partial charge in [-0.15, -0.1) is 11.3 Å². The molecule has 2 aromatic rings. The average molecular weight is 235 g/mol. The number of nitrogens with one attached hydrogen (secondary N) is 1. The molecule has 5 heteroatoms. The number of aromatic amines is 1. The molecular weight excluding hydrogens is 222 g/mol. The first kappa shape index (κ1) is 9.99. The Morgan fingerprint density at radius 2 is 2.50 bits per heavy atom. The Bertz CT molecular complexity index is 465. The summed E-state index contributed by atoms with van der Waals surface area (Å²) in [6, 6.07) is 4.03. The highest BCUT2D eigenvalue weighted by Crippen LogP contribution is 2.33. The molecule has 0 saturated carbocycles. The van der Waals surface area contributed by atoms with Gasteiger partial charge in [-0.3, -0.25) is 5.10 Å². The third-order valence-electron chi connectivity index (χ3n) is 2.90. The van der Waals surface area contributed by atoms with Crippen LogP contribution in [0.2, 0.25) is 0 Å². The average Bonchev–Trinajstić information content (AvgIpc) is 2.96. The van der Waals surface area contributed by atoms with Gasteiger partial charge in [0.25, 0.3) is 0 Å². The van der Waals surface area contributed by atoms with Crippen LogP contribution in [0.15, 0.2) is 17.5 Å². The maximum atomic E-state index is 5.65. The summed E-state index contributed by atoms with van der Waals surface area (Å²) >= 11 is 1.65. The Morgan fingerprint density at radius 3 is 3.19 bits per heavy atom. The fourth-order valence-electron chi connectivity index (χ4n) is 1.96. The zero-order chi connectivity index (χ0) is 11.0. The number of H-pyrrole nitrogens is 1. The lowest BCUT2D eigenvalue weighted by atomic mass is 10.0. The Balaban J connectivity index is 1.88. The van der Waals surface area contributed by atoms with Gasteiger partial charge in [-0.2, -0.15) is 5.10 Å². The monoisotopic (exact) mass is 235 g/mol. The molecule has 1 aliphatic rings. The molecule has 3 heterocycles. The second-order valence-corrected chi connectivity index (χ2v) is 5.03. The normalized spacial score (nSPS) is 25.1. The summed E-state index contributed by atoms with van der Waals surface area (Å²) in [5.41, 5.74) is 0. The molecule has 2 unspecified atom stereocenters. The molecule has 0 spiro atoms. The van der Waals surface area contributed by atoms with Gasteiger partial charge in [0.1, 0.15) is 6.10 Å². The summed E-state index contributed by atoms with van der Waals surface area (Å²) in [4.78, 5) is 5.59. The Morgan fingerprint density at radius 1 is 1.56 bits per heavy atom. The number of hydrogen-bond acceptors (Lipinski definition) is 4. The van der Waals surface area contributed by atoms with Crippen molar-refractivity contribution in [1.29, 1.82) is 0 Å². The van der Waals surface area contributed by atoms with Crippen molar-refractivity contribution in [2.75, 3.05) is 6.61 Å². The van der Waals surface area contributed by atoms with E-state index < -0.39 is 0 Å². The van der Waals surface area contributed by atoms with Crippen LogP contribution < -0.4 is 0 Å². The Labute approximate surface area is 97.7 Å². The molecule has 0 amide bonds. The summed E-state index contributed by atoms with van der Waals surface area (Å²) in [7, 11) is 0. The molecule has 3 rings (SSSR count). The number of thiophene rings is 1. The van der Waals surface area contributed by atoms with E-state index in [2.05, 4.69) is 22.1 Å². The van der Waals surface area contributed by atoms with E-state index in [9.17, 15) is 0 Å². The fraction of sp³-hybridized carbons (Fsp3) is 0.455. The first-order chi connectivity index (χ1) is 7.84. The standard InChI is InChI=1S/C11H13N3OS/c1-7-4-5-15-9(7)11-12-10(13-14-11)8-3-2-6-16-8/h2-3,6-7,9H,4-5H2,1H3,(H,12,13,14). The predicted octanol–water partition coefficient (Wildman–Crippen LogP) is 2.63. The third kappa shape index (κ3) is 1.66. The van der Waals surface area contributed by atoms with Crippen molar-refractivity contribution in [3.8, 4) is 10.7 Å². The minimum atomic E-state index is 0.0845. The van der Waals surface area contributed by atoms with E-state index in [-0.39, 0.29) is 6.10 Å². The first-order valence-corrected chi connectivity index (χ1v) is 6.30. The molecule has 2 aromatic heterocycles. The second-order valence-electron chi connectivity index (χ2n) is 4.08. The van der Waals surface area contributed by atoms with Gasteiger partial charge in [0.15, 0.2) is 11.6 Å². The molecule has 84 valence electrons. The smallest absolute Gasteiger partial charge is 0.191 e.